The molecule has 0 spiro atoms. The number of hydrogen-bond acceptors (Lipinski definition) is 5. The van der Waals surface area contributed by atoms with E-state index in [1.807, 2.05) is 16.8 Å². The molecule has 0 fully saturated rings. The van der Waals surface area contributed by atoms with Crippen LogP contribution in [0.15, 0.2) is 22.8 Å². The van der Waals surface area contributed by atoms with E-state index >= 15 is 0 Å². The lowest BCUT2D eigenvalue weighted by atomic mass is 10.1. The van der Waals surface area contributed by atoms with Gasteiger partial charge in [-0.25, -0.2) is 0 Å². The monoisotopic (exact) mass is 339 g/mol. The molecular formula is C13H18BrN5O. The minimum atomic E-state index is -0.0600. The van der Waals surface area contributed by atoms with Gasteiger partial charge in [0.1, 0.15) is 0 Å². The first-order chi connectivity index (χ1) is 9.71. The van der Waals surface area contributed by atoms with Crippen LogP contribution in [0.4, 0.5) is 0 Å². The van der Waals surface area contributed by atoms with Crippen LogP contribution >= 0.6 is 15.9 Å². The van der Waals surface area contributed by atoms with Gasteiger partial charge in [-0.05, 0) is 35.5 Å². The van der Waals surface area contributed by atoms with Crippen molar-refractivity contribution < 1.29 is 4.74 Å². The summed E-state index contributed by atoms with van der Waals surface area (Å²) < 4.78 is 7.96. The smallest absolute Gasteiger partial charge is 0.233 e. The largest absolute Gasteiger partial charge is 0.480 e. The summed E-state index contributed by atoms with van der Waals surface area (Å²) in [5, 5.41) is 16.1. The molecule has 108 valence electrons. The Bertz CT molecular complexity index is 554. The molecular weight excluding hydrogens is 322 g/mol. The van der Waals surface area contributed by atoms with Crippen molar-refractivity contribution in [3.8, 4) is 5.88 Å². The van der Waals surface area contributed by atoms with Gasteiger partial charge in [0.2, 0.25) is 5.88 Å². The number of rotatable bonds is 6. The highest BCUT2D eigenvalue weighted by atomic mass is 79.9. The predicted octanol–water partition coefficient (Wildman–Crippen LogP) is 2.16. The van der Waals surface area contributed by atoms with Gasteiger partial charge < -0.3 is 10.1 Å². The van der Waals surface area contributed by atoms with E-state index in [-0.39, 0.29) is 6.04 Å². The molecule has 0 saturated carbocycles. The van der Waals surface area contributed by atoms with Gasteiger partial charge in [0, 0.05) is 12.6 Å². The molecule has 6 nitrogen and oxygen atoms in total. The number of halogens is 1. The number of aryl methyl sites for hydroxylation is 1. The van der Waals surface area contributed by atoms with E-state index in [0.717, 1.165) is 29.0 Å². The Kier molecular flexibility index (Phi) is 5.08. The van der Waals surface area contributed by atoms with Crippen molar-refractivity contribution in [3.05, 3.63) is 34.2 Å². The van der Waals surface area contributed by atoms with Gasteiger partial charge in [0.15, 0.2) is 0 Å². The first-order valence-corrected chi connectivity index (χ1v) is 7.32. The predicted molar refractivity (Wildman–Crippen MR) is 79.7 cm³/mol. The van der Waals surface area contributed by atoms with E-state index in [0.29, 0.717) is 5.88 Å². The first-order valence-electron chi connectivity index (χ1n) is 6.53. The van der Waals surface area contributed by atoms with Crippen LogP contribution in [0.1, 0.15) is 31.3 Å². The van der Waals surface area contributed by atoms with Gasteiger partial charge in [-0.15, -0.1) is 10.2 Å². The molecule has 1 unspecified atom stereocenters. The third kappa shape index (κ3) is 2.99. The summed E-state index contributed by atoms with van der Waals surface area (Å²) in [4.78, 5) is 0. The Hall–Kier alpha value is -1.47. The van der Waals surface area contributed by atoms with Crippen LogP contribution < -0.4 is 10.1 Å². The summed E-state index contributed by atoms with van der Waals surface area (Å²) in [7, 11) is 1.58. The van der Waals surface area contributed by atoms with E-state index in [4.69, 9.17) is 4.74 Å². The Labute approximate surface area is 126 Å². The van der Waals surface area contributed by atoms with Crippen molar-refractivity contribution >= 4 is 15.9 Å². The Morgan fingerprint density at radius 3 is 2.70 bits per heavy atom. The highest BCUT2D eigenvalue weighted by molar-refractivity contribution is 9.10. The fourth-order valence-electron chi connectivity index (χ4n) is 2.05. The molecule has 20 heavy (non-hydrogen) atoms. The third-order valence-electron chi connectivity index (χ3n) is 2.98. The van der Waals surface area contributed by atoms with E-state index in [9.17, 15) is 0 Å². The number of nitrogens with zero attached hydrogens (tertiary/aromatic N) is 4. The van der Waals surface area contributed by atoms with Gasteiger partial charge in [-0.1, -0.05) is 6.92 Å². The first kappa shape index (κ1) is 14.9. The molecule has 1 atom stereocenters. The second kappa shape index (κ2) is 6.81. The summed E-state index contributed by atoms with van der Waals surface area (Å²) in [6.45, 7) is 5.74. The average Bonchev–Trinajstić information content (AvgIpc) is 2.86. The standard InChI is InChI=1S/C13H18BrN5O/c1-4-15-12(10-6-7-11(20-3)18-17-10)13-9(14)8-16-19(13)5-2/h6-8,12,15H,4-5H2,1-3H3. The van der Waals surface area contributed by atoms with Crippen LogP contribution in [0, 0.1) is 0 Å². The summed E-state index contributed by atoms with van der Waals surface area (Å²) >= 11 is 3.56. The van der Waals surface area contributed by atoms with Crippen molar-refractivity contribution in [1.29, 1.82) is 0 Å². The minimum absolute atomic E-state index is 0.0600. The topological polar surface area (TPSA) is 64.9 Å². The molecule has 2 aromatic heterocycles. The highest BCUT2D eigenvalue weighted by Gasteiger charge is 2.22. The zero-order chi connectivity index (χ0) is 14.5. The van der Waals surface area contributed by atoms with Crippen LogP contribution in [-0.4, -0.2) is 33.6 Å². The van der Waals surface area contributed by atoms with Crippen LogP contribution in [0.2, 0.25) is 0 Å². The van der Waals surface area contributed by atoms with Gasteiger partial charge >= 0.3 is 0 Å². The summed E-state index contributed by atoms with van der Waals surface area (Å²) in [5.74, 6) is 0.507. The zero-order valence-electron chi connectivity index (χ0n) is 11.8. The van der Waals surface area contributed by atoms with Crippen molar-refractivity contribution in [1.82, 2.24) is 25.3 Å². The molecule has 2 rings (SSSR count). The number of ether oxygens (including phenoxy) is 1. The number of methoxy groups -OCH3 is 1. The van der Waals surface area contributed by atoms with Crippen molar-refractivity contribution in [3.63, 3.8) is 0 Å². The fraction of sp³-hybridized carbons (Fsp3) is 0.462. The van der Waals surface area contributed by atoms with Gasteiger partial charge in [-0.3, -0.25) is 4.68 Å². The van der Waals surface area contributed by atoms with E-state index in [1.54, 1.807) is 13.3 Å². The normalized spacial score (nSPS) is 12.4. The molecule has 7 heteroatoms. The molecule has 2 aromatic rings. The highest BCUT2D eigenvalue weighted by Crippen LogP contribution is 2.27. The molecule has 0 bridgehead atoms. The van der Waals surface area contributed by atoms with E-state index in [2.05, 4.69) is 50.4 Å². The van der Waals surface area contributed by atoms with Crippen molar-refractivity contribution in [2.24, 2.45) is 0 Å². The molecule has 0 saturated heterocycles. The Balaban J connectivity index is 2.41. The Morgan fingerprint density at radius 1 is 1.35 bits per heavy atom. The minimum Gasteiger partial charge on any atom is -0.480 e. The molecule has 0 aliphatic heterocycles. The van der Waals surface area contributed by atoms with Crippen molar-refractivity contribution in [2.75, 3.05) is 13.7 Å². The maximum Gasteiger partial charge on any atom is 0.233 e. The van der Waals surface area contributed by atoms with Crippen molar-refractivity contribution in [2.45, 2.75) is 26.4 Å². The zero-order valence-corrected chi connectivity index (χ0v) is 13.4. The van der Waals surface area contributed by atoms with Gasteiger partial charge in [0.25, 0.3) is 0 Å². The number of aromatic nitrogens is 4. The quantitative estimate of drug-likeness (QED) is 0.873. The molecule has 0 amide bonds. The maximum atomic E-state index is 5.05. The molecule has 0 aliphatic rings. The molecule has 2 heterocycles. The lowest BCUT2D eigenvalue weighted by Crippen LogP contribution is -2.26. The molecule has 0 aromatic carbocycles. The van der Waals surface area contributed by atoms with Crippen LogP contribution in [0.25, 0.3) is 0 Å². The third-order valence-corrected chi connectivity index (χ3v) is 3.59. The summed E-state index contributed by atoms with van der Waals surface area (Å²) in [6.07, 6.45) is 1.81. The molecule has 0 radical (unpaired) electrons. The lowest BCUT2D eigenvalue weighted by Gasteiger charge is -2.19. The average molecular weight is 340 g/mol. The van der Waals surface area contributed by atoms with Crippen LogP contribution in [0.3, 0.4) is 0 Å². The summed E-state index contributed by atoms with van der Waals surface area (Å²) in [5.41, 5.74) is 1.89. The molecule has 1 N–H and O–H groups in total. The maximum absolute atomic E-state index is 5.05. The van der Waals surface area contributed by atoms with Gasteiger partial charge in [0.05, 0.1) is 35.2 Å². The van der Waals surface area contributed by atoms with E-state index in [1.165, 1.54) is 0 Å². The summed E-state index contributed by atoms with van der Waals surface area (Å²) in [6, 6.07) is 3.67. The SMILES string of the molecule is CCNC(c1ccc(OC)nn1)c1c(Br)cnn1CC. The Morgan fingerprint density at radius 2 is 2.15 bits per heavy atom. The second-order valence-corrected chi connectivity index (χ2v) is 5.04. The van der Waals surface area contributed by atoms with Crippen LogP contribution in [-0.2, 0) is 6.54 Å². The number of nitrogens with one attached hydrogen (secondary N) is 1. The van der Waals surface area contributed by atoms with Gasteiger partial charge in [-0.2, -0.15) is 5.10 Å². The van der Waals surface area contributed by atoms with Crippen LogP contribution in [0.5, 0.6) is 5.88 Å². The number of hydrogen-bond donors (Lipinski definition) is 1. The molecule has 0 aliphatic carbocycles. The second-order valence-electron chi connectivity index (χ2n) is 4.18. The fourth-order valence-corrected chi connectivity index (χ4v) is 2.57. The van der Waals surface area contributed by atoms with E-state index < -0.39 is 0 Å². The lowest BCUT2D eigenvalue weighted by molar-refractivity contribution is 0.389.